The van der Waals surface area contributed by atoms with Crippen molar-refractivity contribution in [2.45, 2.75) is 51.2 Å². The fourth-order valence-corrected chi connectivity index (χ4v) is 2.83. The number of anilines is 1. The number of hydrogen-bond acceptors (Lipinski definition) is 2. The first kappa shape index (κ1) is 12.0. The number of nitrogens with zero attached hydrogens (tertiary/aromatic N) is 1. The van der Waals surface area contributed by atoms with Crippen LogP contribution in [0, 0.1) is 5.82 Å². The van der Waals surface area contributed by atoms with Crippen molar-refractivity contribution < 1.29 is 4.39 Å². The Kier molecular flexibility index (Phi) is 3.25. The number of halogens is 1. The summed E-state index contributed by atoms with van der Waals surface area (Å²) in [6.45, 7) is 3.97. The molecule has 1 N–H and O–H groups in total. The third-order valence-corrected chi connectivity index (χ3v) is 4.07. The van der Waals surface area contributed by atoms with E-state index in [0.717, 1.165) is 24.3 Å². The van der Waals surface area contributed by atoms with Crippen molar-refractivity contribution in [2.24, 2.45) is 0 Å². The first-order chi connectivity index (χ1) is 8.75. The van der Waals surface area contributed by atoms with Gasteiger partial charge in [-0.25, -0.2) is 4.39 Å². The van der Waals surface area contributed by atoms with Gasteiger partial charge in [0.25, 0.3) is 0 Å². The summed E-state index contributed by atoms with van der Waals surface area (Å²) in [4.78, 5) is 2.24. The smallest absolute Gasteiger partial charge is 0.146 e. The average molecular weight is 248 g/mol. The van der Waals surface area contributed by atoms with E-state index in [0.29, 0.717) is 12.1 Å². The molecule has 2 aliphatic rings. The van der Waals surface area contributed by atoms with Gasteiger partial charge in [-0.05, 0) is 44.2 Å². The molecule has 1 aromatic rings. The molecule has 1 saturated carbocycles. The van der Waals surface area contributed by atoms with Crippen molar-refractivity contribution in [1.82, 2.24) is 5.32 Å². The molecular weight excluding hydrogens is 227 g/mol. The van der Waals surface area contributed by atoms with Gasteiger partial charge in [-0.15, -0.1) is 0 Å². The van der Waals surface area contributed by atoms with Gasteiger partial charge in [0.1, 0.15) is 5.82 Å². The maximum Gasteiger partial charge on any atom is 0.146 e. The summed E-state index contributed by atoms with van der Waals surface area (Å²) in [6.07, 6.45) is 4.88. The molecule has 2 fully saturated rings. The first-order valence-electron chi connectivity index (χ1n) is 7.03. The first-order valence-corrected chi connectivity index (χ1v) is 7.03. The van der Waals surface area contributed by atoms with Crippen molar-refractivity contribution in [1.29, 1.82) is 0 Å². The molecule has 1 aromatic carbocycles. The molecular formula is C15H21FN2. The lowest BCUT2D eigenvalue weighted by atomic mass is 10.1. The summed E-state index contributed by atoms with van der Waals surface area (Å²) >= 11 is 0. The Labute approximate surface area is 108 Å². The second kappa shape index (κ2) is 4.88. The quantitative estimate of drug-likeness (QED) is 0.881. The molecule has 3 heteroatoms. The monoisotopic (exact) mass is 248 g/mol. The van der Waals surface area contributed by atoms with E-state index < -0.39 is 0 Å². The number of hydrogen-bond donors (Lipinski definition) is 1. The molecule has 0 bridgehead atoms. The van der Waals surface area contributed by atoms with Crippen LogP contribution in [0.25, 0.3) is 0 Å². The summed E-state index contributed by atoms with van der Waals surface area (Å²) in [5, 5.41) is 3.49. The van der Waals surface area contributed by atoms with Crippen molar-refractivity contribution in [3.63, 3.8) is 0 Å². The van der Waals surface area contributed by atoms with Crippen LogP contribution < -0.4 is 10.2 Å². The third-order valence-electron chi connectivity index (χ3n) is 4.07. The normalized spacial score (nSPS) is 23.7. The highest BCUT2D eigenvalue weighted by Gasteiger charge is 2.26. The van der Waals surface area contributed by atoms with E-state index >= 15 is 0 Å². The fraction of sp³-hybridized carbons (Fsp3) is 0.600. The molecule has 1 aliphatic carbocycles. The van der Waals surface area contributed by atoms with Gasteiger partial charge < -0.3 is 10.2 Å². The van der Waals surface area contributed by atoms with Crippen LogP contribution in [-0.4, -0.2) is 18.6 Å². The van der Waals surface area contributed by atoms with Gasteiger partial charge in [-0.1, -0.05) is 12.1 Å². The lowest BCUT2D eigenvalue weighted by Gasteiger charge is -2.27. The third kappa shape index (κ3) is 2.37. The van der Waals surface area contributed by atoms with E-state index in [4.69, 9.17) is 0 Å². The molecule has 2 nitrogen and oxygen atoms in total. The van der Waals surface area contributed by atoms with Crippen LogP contribution in [0.4, 0.5) is 10.1 Å². The van der Waals surface area contributed by atoms with Crippen LogP contribution in [0.5, 0.6) is 0 Å². The van der Waals surface area contributed by atoms with Crippen molar-refractivity contribution in [3.05, 3.63) is 29.6 Å². The van der Waals surface area contributed by atoms with Crippen LogP contribution in [0.1, 0.15) is 38.2 Å². The van der Waals surface area contributed by atoms with Crippen molar-refractivity contribution in [3.8, 4) is 0 Å². The minimum absolute atomic E-state index is 0.0705. The Morgan fingerprint density at radius 2 is 2.17 bits per heavy atom. The van der Waals surface area contributed by atoms with Gasteiger partial charge in [0.15, 0.2) is 0 Å². The summed E-state index contributed by atoms with van der Waals surface area (Å²) in [6, 6.07) is 6.59. The zero-order valence-corrected chi connectivity index (χ0v) is 11.0. The van der Waals surface area contributed by atoms with E-state index in [1.165, 1.54) is 25.7 Å². The van der Waals surface area contributed by atoms with E-state index in [9.17, 15) is 4.39 Å². The molecule has 3 rings (SSSR count). The molecule has 0 aromatic heterocycles. The Balaban J connectivity index is 1.84. The Bertz CT molecular complexity index is 429. The van der Waals surface area contributed by atoms with Crippen molar-refractivity contribution >= 4 is 5.69 Å². The topological polar surface area (TPSA) is 15.3 Å². The van der Waals surface area contributed by atoms with Gasteiger partial charge in [0.2, 0.25) is 0 Å². The summed E-state index contributed by atoms with van der Waals surface area (Å²) in [5.41, 5.74) is 1.94. The highest BCUT2D eigenvalue weighted by atomic mass is 19.1. The molecule has 1 heterocycles. The zero-order valence-electron chi connectivity index (χ0n) is 11.0. The molecule has 1 aliphatic heterocycles. The lowest BCUT2D eigenvalue weighted by molar-refractivity contribution is 0.604. The molecule has 0 spiro atoms. The Hall–Kier alpha value is -1.09. The van der Waals surface area contributed by atoms with Crippen LogP contribution in [0.2, 0.25) is 0 Å². The van der Waals surface area contributed by atoms with Crippen molar-refractivity contribution in [2.75, 3.05) is 11.4 Å². The molecule has 1 saturated heterocycles. The average Bonchev–Trinajstić information content (AvgIpc) is 3.09. The number of benzene rings is 1. The summed E-state index contributed by atoms with van der Waals surface area (Å²) in [7, 11) is 0. The van der Waals surface area contributed by atoms with Gasteiger partial charge in [-0.2, -0.15) is 0 Å². The summed E-state index contributed by atoms with van der Waals surface area (Å²) < 4.78 is 14.1. The maximum absolute atomic E-state index is 14.1. The van der Waals surface area contributed by atoms with E-state index in [1.54, 1.807) is 6.07 Å². The Morgan fingerprint density at radius 1 is 1.33 bits per heavy atom. The maximum atomic E-state index is 14.1. The SMILES string of the molecule is CC1CCCN1c1c(F)cccc1CNC1CC1. The number of nitrogens with one attached hydrogen (secondary N) is 1. The van der Waals surface area contributed by atoms with Gasteiger partial charge in [0, 0.05) is 25.2 Å². The second-order valence-electron chi connectivity index (χ2n) is 5.59. The van der Waals surface area contributed by atoms with Crippen LogP contribution >= 0.6 is 0 Å². The molecule has 18 heavy (non-hydrogen) atoms. The number of para-hydroxylation sites is 1. The molecule has 1 unspecified atom stereocenters. The van der Waals surface area contributed by atoms with Crippen LogP contribution in [-0.2, 0) is 6.54 Å². The number of rotatable bonds is 4. The summed E-state index contributed by atoms with van der Waals surface area (Å²) in [5.74, 6) is -0.0705. The van der Waals surface area contributed by atoms with Gasteiger partial charge in [0.05, 0.1) is 5.69 Å². The van der Waals surface area contributed by atoms with Gasteiger partial charge in [-0.3, -0.25) is 0 Å². The highest BCUT2D eigenvalue weighted by Crippen LogP contribution is 2.31. The minimum Gasteiger partial charge on any atom is -0.366 e. The molecule has 0 radical (unpaired) electrons. The van der Waals surface area contributed by atoms with E-state index in [-0.39, 0.29) is 5.82 Å². The standard InChI is InChI=1S/C15H21FN2/c1-11-4-3-9-18(11)15-12(5-2-6-14(15)16)10-17-13-7-8-13/h2,5-6,11,13,17H,3-4,7-10H2,1H3. The fourth-order valence-electron chi connectivity index (χ4n) is 2.83. The lowest BCUT2D eigenvalue weighted by Crippen LogP contribution is -2.29. The second-order valence-corrected chi connectivity index (χ2v) is 5.59. The molecule has 1 atom stereocenters. The predicted octanol–water partition coefficient (Wildman–Crippen LogP) is 3.07. The zero-order chi connectivity index (χ0) is 12.5. The largest absolute Gasteiger partial charge is 0.366 e. The molecule has 98 valence electrons. The highest BCUT2D eigenvalue weighted by molar-refractivity contribution is 5.56. The predicted molar refractivity (Wildman–Crippen MR) is 72.3 cm³/mol. The van der Waals surface area contributed by atoms with Crippen LogP contribution in [0.3, 0.4) is 0 Å². The minimum atomic E-state index is -0.0705. The van der Waals surface area contributed by atoms with E-state index in [2.05, 4.69) is 23.2 Å². The van der Waals surface area contributed by atoms with Gasteiger partial charge >= 0.3 is 0 Å². The van der Waals surface area contributed by atoms with E-state index in [1.807, 2.05) is 6.07 Å². The molecule has 0 amide bonds. The Morgan fingerprint density at radius 3 is 2.83 bits per heavy atom. The van der Waals surface area contributed by atoms with Crippen LogP contribution in [0.15, 0.2) is 18.2 Å².